The van der Waals surface area contributed by atoms with Crippen LogP contribution in [0.1, 0.15) is 60.4 Å². The average Bonchev–Trinajstić information content (AvgIpc) is 2.92. The van der Waals surface area contributed by atoms with Gasteiger partial charge in [0.2, 0.25) is 0 Å². The minimum atomic E-state index is -4.57. The van der Waals surface area contributed by atoms with Gasteiger partial charge in [-0.25, -0.2) is 0 Å². The molecule has 0 spiro atoms. The Kier molecular flexibility index (Phi) is 7.95. The quantitative estimate of drug-likeness (QED) is 0.299. The number of para-hydroxylation sites is 1. The van der Waals surface area contributed by atoms with Gasteiger partial charge in [0, 0.05) is 23.4 Å². The lowest BCUT2D eigenvalue weighted by Crippen LogP contribution is -2.42. The number of hydrogen-bond donors (Lipinski definition) is 1. The average molecular weight is 651 g/mol. The molecule has 0 radical (unpaired) electrons. The van der Waals surface area contributed by atoms with Gasteiger partial charge in [-0.3, -0.25) is 9.69 Å². The Hall–Kier alpha value is -4.03. The SMILES string of the molecule is Cc1cc(COc2ccccc2Br)c(C)c(C2C(C#N)=C(N)N(c3cccc(C(F)(F)F)c3)C3=C2C(=O)CC(C)(C)C3)c1. The van der Waals surface area contributed by atoms with Crippen LogP contribution in [0, 0.1) is 30.6 Å². The number of halogens is 4. The number of rotatable bonds is 5. The number of anilines is 1. The molecule has 3 aromatic carbocycles. The minimum absolute atomic E-state index is 0.0167. The lowest BCUT2D eigenvalue weighted by Gasteiger charge is -2.44. The third kappa shape index (κ3) is 5.81. The summed E-state index contributed by atoms with van der Waals surface area (Å²) >= 11 is 3.51. The monoisotopic (exact) mass is 649 g/mol. The normalized spacial score (nSPS) is 18.4. The van der Waals surface area contributed by atoms with Crippen LogP contribution in [0.15, 0.2) is 87.8 Å². The fourth-order valence-electron chi connectivity index (χ4n) is 6.07. The molecule has 222 valence electrons. The van der Waals surface area contributed by atoms with Crippen molar-refractivity contribution in [2.45, 2.75) is 59.2 Å². The number of nitrogens with two attached hydrogens (primary N) is 1. The van der Waals surface area contributed by atoms with Crippen molar-refractivity contribution in [2.24, 2.45) is 11.1 Å². The largest absolute Gasteiger partial charge is 0.488 e. The van der Waals surface area contributed by atoms with Gasteiger partial charge in [0.15, 0.2) is 5.78 Å². The van der Waals surface area contributed by atoms with Gasteiger partial charge in [-0.2, -0.15) is 18.4 Å². The first-order chi connectivity index (χ1) is 20.2. The number of hydrogen-bond acceptors (Lipinski definition) is 5. The summed E-state index contributed by atoms with van der Waals surface area (Å²) in [5.41, 5.74) is 9.97. The van der Waals surface area contributed by atoms with E-state index in [2.05, 4.69) is 22.0 Å². The molecule has 9 heteroatoms. The lowest BCUT2D eigenvalue weighted by molar-refractivity contribution is -0.137. The molecule has 0 bridgehead atoms. The highest BCUT2D eigenvalue weighted by Gasteiger charge is 2.45. The number of alkyl halides is 3. The van der Waals surface area contributed by atoms with Crippen molar-refractivity contribution in [2.75, 3.05) is 4.90 Å². The summed E-state index contributed by atoms with van der Waals surface area (Å²) in [6, 6.07) is 18.5. The molecule has 1 unspecified atom stereocenters. The van der Waals surface area contributed by atoms with E-state index in [1.54, 1.807) is 0 Å². The maximum atomic E-state index is 14.0. The van der Waals surface area contributed by atoms with Gasteiger partial charge in [-0.05, 0) is 88.6 Å². The third-order valence-electron chi connectivity index (χ3n) is 8.04. The number of benzene rings is 3. The predicted octanol–water partition coefficient (Wildman–Crippen LogP) is 8.60. The Morgan fingerprint density at radius 2 is 1.81 bits per heavy atom. The zero-order chi connectivity index (χ0) is 31.3. The lowest BCUT2D eigenvalue weighted by atomic mass is 9.68. The van der Waals surface area contributed by atoms with Gasteiger partial charge in [-0.1, -0.05) is 49.7 Å². The number of ketones is 1. The highest BCUT2D eigenvalue weighted by molar-refractivity contribution is 9.10. The van der Waals surface area contributed by atoms with Crippen molar-refractivity contribution in [1.29, 1.82) is 5.26 Å². The number of allylic oxidation sites excluding steroid dienone is 3. The molecule has 0 aromatic heterocycles. The van der Waals surface area contributed by atoms with Gasteiger partial charge in [0.25, 0.3) is 0 Å². The van der Waals surface area contributed by atoms with E-state index >= 15 is 0 Å². The Morgan fingerprint density at radius 3 is 2.49 bits per heavy atom. The van der Waals surface area contributed by atoms with Crippen molar-refractivity contribution in [1.82, 2.24) is 0 Å². The van der Waals surface area contributed by atoms with Gasteiger partial charge in [0.05, 0.1) is 27.6 Å². The number of aryl methyl sites for hydroxylation is 1. The number of carbonyl (C=O) groups excluding carboxylic acids is 1. The number of nitrogens with zero attached hydrogens (tertiary/aromatic N) is 2. The van der Waals surface area contributed by atoms with E-state index in [0.717, 1.165) is 38.9 Å². The number of carbonyl (C=O) groups is 1. The van der Waals surface area contributed by atoms with Crippen LogP contribution in [0.3, 0.4) is 0 Å². The van der Waals surface area contributed by atoms with Crippen molar-refractivity contribution < 1.29 is 22.7 Å². The maximum Gasteiger partial charge on any atom is 0.416 e. The van der Waals surface area contributed by atoms with Crippen molar-refractivity contribution in [3.05, 3.63) is 116 Å². The molecule has 0 saturated heterocycles. The van der Waals surface area contributed by atoms with Crippen molar-refractivity contribution >= 4 is 27.4 Å². The van der Waals surface area contributed by atoms with Crippen LogP contribution in [0.5, 0.6) is 5.75 Å². The molecule has 2 N–H and O–H groups in total. The van der Waals surface area contributed by atoms with Crippen LogP contribution in [0.25, 0.3) is 0 Å². The first-order valence-corrected chi connectivity index (χ1v) is 14.6. The Bertz CT molecular complexity index is 1730. The van der Waals surface area contributed by atoms with E-state index in [9.17, 15) is 23.2 Å². The maximum absolute atomic E-state index is 14.0. The zero-order valence-corrected chi connectivity index (χ0v) is 25.9. The molecule has 5 rings (SSSR count). The van der Waals surface area contributed by atoms with Gasteiger partial charge >= 0.3 is 6.18 Å². The first-order valence-electron chi connectivity index (χ1n) is 13.8. The standard InChI is InChI=1S/C34H31BrF3N3O2/c1-19-12-21(18-43-29-11-6-5-10-26(29)35)20(2)24(13-19)30-25(17-39)32(40)41(23-9-7-8-22(14-23)34(36,37)38)27-15-33(3,4)16-28(42)31(27)30/h5-14,30H,15-16,18,40H2,1-4H3. The van der Waals surface area contributed by atoms with Gasteiger partial charge in [-0.15, -0.1) is 0 Å². The summed E-state index contributed by atoms with van der Waals surface area (Å²) in [5.74, 6) is -0.230. The summed E-state index contributed by atoms with van der Waals surface area (Å²) in [6.45, 7) is 8.00. The van der Waals surface area contributed by atoms with Crippen LogP contribution in [0.4, 0.5) is 18.9 Å². The molecular formula is C34H31BrF3N3O2. The Balaban J connectivity index is 1.69. The molecular weight excluding hydrogens is 619 g/mol. The van der Waals surface area contributed by atoms with Crippen LogP contribution < -0.4 is 15.4 Å². The zero-order valence-electron chi connectivity index (χ0n) is 24.3. The van der Waals surface area contributed by atoms with Gasteiger partial charge in [0.1, 0.15) is 18.2 Å². The van der Waals surface area contributed by atoms with Gasteiger partial charge < -0.3 is 10.5 Å². The number of ether oxygens (including phenoxy) is 1. The molecule has 1 aliphatic carbocycles. The Morgan fingerprint density at radius 1 is 1.09 bits per heavy atom. The molecule has 1 heterocycles. The van der Waals surface area contributed by atoms with Crippen LogP contribution in [-0.2, 0) is 17.6 Å². The molecule has 43 heavy (non-hydrogen) atoms. The second kappa shape index (κ2) is 11.2. The van der Waals surface area contributed by atoms with Crippen LogP contribution >= 0.6 is 15.9 Å². The predicted molar refractivity (Wildman–Crippen MR) is 163 cm³/mol. The molecule has 0 saturated carbocycles. The molecule has 2 aliphatic rings. The van der Waals surface area contributed by atoms with E-state index in [0.29, 0.717) is 23.4 Å². The van der Waals surface area contributed by atoms with E-state index < -0.39 is 23.1 Å². The molecule has 0 amide bonds. The summed E-state index contributed by atoms with van der Waals surface area (Å²) < 4.78 is 48.0. The fourth-order valence-corrected chi connectivity index (χ4v) is 6.47. The summed E-state index contributed by atoms with van der Waals surface area (Å²) in [7, 11) is 0. The highest BCUT2D eigenvalue weighted by atomic mass is 79.9. The highest BCUT2D eigenvalue weighted by Crippen LogP contribution is 2.51. The molecule has 0 fully saturated rings. The molecule has 5 nitrogen and oxygen atoms in total. The van der Waals surface area contributed by atoms with Crippen LogP contribution in [0.2, 0.25) is 0 Å². The smallest absolute Gasteiger partial charge is 0.416 e. The van der Waals surface area contributed by atoms with E-state index in [4.69, 9.17) is 10.5 Å². The minimum Gasteiger partial charge on any atom is -0.488 e. The van der Waals surface area contributed by atoms with E-state index in [-0.39, 0.29) is 35.9 Å². The number of nitriles is 1. The second-order valence-corrected chi connectivity index (χ2v) is 12.7. The van der Waals surface area contributed by atoms with E-state index in [1.807, 2.05) is 64.1 Å². The van der Waals surface area contributed by atoms with E-state index in [1.165, 1.54) is 17.0 Å². The Labute approximate surface area is 257 Å². The molecule has 3 aromatic rings. The topological polar surface area (TPSA) is 79.3 Å². The molecule has 1 atom stereocenters. The van der Waals surface area contributed by atoms with Crippen molar-refractivity contribution in [3.63, 3.8) is 0 Å². The number of Topliss-reactive ketones (excluding diaryl/α,β-unsaturated/α-hetero) is 1. The summed E-state index contributed by atoms with van der Waals surface area (Å²) in [5, 5.41) is 10.5. The second-order valence-electron chi connectivity index (χ2n) is 11.9. The first kappa shape index (κ1) is 30.4. The summed E-state index contributed by atoms with van der Waals surface area (Å²) in [6.07, 6.45) is -3.94. The third-order valence-corrected chi connectivity index (χ3v) is 8.70. The fraction of sp³-hybridized carbons (Fsp3) is 0.294. The molecule has 1 aliphatic heterocycles. The van der Waals surface area contributed by atoms with Crippen molar-refractivity contribution in [3.8, 4) is 11.8 Å². The van der Waals surface area contributed by atoms with Crippen LogP contribution in [-0.4, -0.2) is 5.78 Å². The summed E-state index contributed by atoms with van der Waals surface area (Å²) in [4.78, 5) is 15.4.